The van der Waals surface area contributed by atoms with Crippen LogP contribution in [0, 0.1) is 0 Å². The minimum Gasteiger partial charge on any atom is -0.504 e. The number of phenolic OH excluding ortho intramolecular Hbond substituents is 1. The molecule has 2 aromatic carbocycles. The fourth-order valence-electron chi connectivity index (χ4n) is 2.95. The van der Waals surface area contributed by atoms with E-state index < -0.39 is 5.97 Å². The van der Waals surface area contributed by atoms with Crippen molar-refractivity contribution in [3.05, 3.63) is 82.1 Å². The van der Waals surface area contributed by atoms with Crippen LogP contribution in [0.15, 0.2) is 70.4 Å². The van der Waals surface area contributed by atoms with Crippen LogP contribution in [0.3, 0.4) is 0 Å². The summed E-state index contributed by atoms with van der Waals surface area (Å²) in [5.41, 5.74) is 2.70. The number of benzene rings is 2. The van der Waals surface area contributed by atoms with Crippen molar-refractivity contribution in [3.8, 4) is 11.5 Å². The van der Waals surface area contributed by atoms with E-state index in [0.29, 0.717) is 15.6 Å². The molecular weight excluding hydrogens is 458 g/mol. The molecule has 0 aliphatic rings. The number of rotatable bonds is 8. The van der Waals surface area contributed by atoms with Crippen molar-refractivity contribution in [1.29, 1.82) is 0 Å². The van der Waals surface area contributed by atoms with E-state index in [-0.39, 0.29) is 11.5 Å². The first-order valence-electron chi connectivity index (χ1n) is 10.00. The van der Waals surface area contributed by atoms with Gasteiger partial charge in [-0.1, -0.05) is 41.9 Å². The van der Waals surface area contributed by atoms with Crippen molar-refractivity contribution in [2.45, 2.75) is 20.4 Å². The summed E-state index contributed by atoms with van der Waals surface area (Å²) < 4.78 is 6.00. The number of pyridine rings is 1. The summed E-state index contributed by atoms with van der Waals surface area (Å²) >= 11 is 3.38. The lowest BCUT2D eigenvalue weighted by Gasteiger charge is -2.17. The molecule has 3 rings (SSSR count). The minimum absolute atomic E-state index is 0.0410. The summed E-state index contributed by atoms with van der Waals surface area (Å²) in [6, 6.07) is 14.4. The standard InChI is InChI=1S/C24H24BrN3O3/c1-3-28(4-2)16-17-7-9-21(10-8-17)27-15-19-12-20(25)13-22(23(19)29)31-24(30)18-6-5-11-26-14-18/h5-15,29H,3-4,16H2,1-2H3. The topological polar surface area (TPSA) is 75.0 Å². The van der Waals surface area contributed by atoms with Gasteiger partial charge >= 0.3 is 5.97 Å². The van der Waals surface area contributed by atoms with Gasteiger partial charge in [-0.3, -0.25) is 14.9 Å². The van der Waals surface area contributed by atoms with Crippen LogP contribution >= 0.6 is 15.9 Å². The summed E-state index contributed by atoms with van der Waals surface area (Å²) in [4.78, 5) is 23.0. The summed E-state index contributed by atoms with van der Waals surface area (Å²) in [7, 11) is 0. The summed E-state index contributed by atoms with van der Waals surface area (Å²) in [6.07, 6.45) is 4.52. The molecule has 0 fully saturated rings. The zero-order chi connectivity index (χ0) is 22.2. The molecule has 0 saturated heterocycles. The molecule has 0 saturated carbocycles. The number of aromatic nitrogens is 1. The number of halogens is 1. The number of phenols is 1. The van der Waals surface area contributed by atoms with Gasteiger partial charge in [0.1, 0.15) is 0 Å². The monoisotopic (exact) mass is 481 g/mol. The lowest BCUT2D eigenvalue weighted by atomic mass is 10.2. The Morgan fingerprint density at radius 1 is 1.19 bits per heavy atom. The SMILES string of the molecule is CCN(CC)Cc1ccc(N=Cc2cc(Br)cc(OC(=O)c3cccnc3)c2O)cc1. The van der Waals surface area contributed by atoms with Crippen LogP contribution < -0.4 is 4.74 Å². The van der Waals surface area contributed by atoms with Gasteiger partial charge in [0.2, 0.25) is 0 Å². The van der Waals surface area contributed by atoms with E-state index in [0.717, 1.165) is 25.3 Å². The van der Waals surface area contributed by atoms with Gasteiger partial charge in [0, 0.05) is 35.2 Å². The molecule has 0 aliphatic carbocycles. The molecule has 1 heterocycles. The number of nitrogens with zero attached hydrogens (tertiary/aromatic N) is 3. The van der Waals surface area contributed by atoms with Gasteiger partial charge in [-0.15, -0.1) is 0 Å². The molecular formula is C24H24BrN3O3. The van der Waals surface area contributed by atoms with E-state index in [1.54, 1.807) is 30.6 Å². The Hall–Kier alpha value is -3.03. The van der Waals surface area contributed by atoms with Gasteiger partial charge in [-0.25, -0.2) is 4.79 Å². The molecule has 160 valence electrons. The van der Waals surface area contributed by atoms with Gasteiger partial charge in [-0.05, 0) is 55.1 Å². The molecule has 6 nitrogen and oxygen atoms in total. The second kappa shape index (κ2) is 10.8. The van der Waals surface area contributed by atoms with E-state index in [1.807, 2.05) is 24.3 Å². The zero-order valence-corrected chi connectivity index (χ0v) is 19.0. The van der Waals surface area contributed by atoms with Crippen LogP contribution in [0.5, 0.6) is 11.5 Å². The molecule has 0 amide bonds. The van der Waals surface area contributed by atoms with Gasteiger partial charge in [0.25, 0.3) is 0 Å². The Labute approximate surface area is 190 Å². The number of aliphatic imine (C=N–C) groups is 1. The Kier molecular flexibility index (Phi) is 7.92. The number of hydrogen-bond acceptors (Lipinski definition) is 6. The molecule has 0 radical (unpaired) electrons. The molecule has 0 spiro atoms. The first-order chi connectivity index (χ1) is 15.0. The molecule has 0 bridgehead atoms. The largest absolute Gasteiger partial charge is 0.504 e. The maximum atomic E-state index is 12.3. The number of esters is 1. The smallest absolute Gasteiger partial charge is 0.345 e. The highest BCUT2D eigenvalue weighted by molar-refractivity contribution is 9.10. The Balaban J connectivity index is 1.75. The Morgan fingerprint density at radius 3 is 2.58 bits per heavy atom. The number of ether oxygens (including phenoxy) is 1. The molecule has 0 unspecified atom stereocenters. The fraction of sp³-hybridized carbons (Fsp3) is 0.208. The van der Waals surface area contributed by atoms with Crippen LogP contribution in [-0.2, 0) is 6.54 Å². The molecule has 31 heavy (non-hydrogen) atoms. The molecule has 0 atom stereocenters. The van der Waals surface area contributed by atoms with Crippen molar-refractivity contribution < 1.29 is 14.6 Å². The van der Waals surface area contributed by atoms with Crippen LogP contribution in [-0.4, -0.2) is 40.3 Å². The van der Waals surface area contributed by atoms with Crippen LogP contribution in [0.2, 0.25) is 0 Å². The van der Waals surface area contributed by atoms with Crippen LogP contribution in [0.25, 0.3) is 0 Å². The lowest BCUT2D eigenvalue weighted by Crippen LogP contribution is -2.21. The fourth-order valence-corrected chi connectivity index (χ4v) is 3.40. The highest BCUT2D eigenvalue weighted by Crippen LogP contribution is 2.34. The third-order valence-corrected chi connectivity index (χ3v) is 5.22. The zero-order valence-electron chi connectivity index (χ0n) is 17.5. The van der Waals surface area contributed by atoms with E-state index in [2.05, 4.69) is 44.7 Å². The molecule has 1 N–H and O–H groups in total. The average Bonchev–Trinajstić information content (AvgIpc) is 2.80. The van der Waals surface area contributed by atoms with Gasteiger partial charge in [0.15, 0.2) is 11.5 Å². The van der Waals surface area contributed by atoms with Gasteiger partial charge in [-0.2, -0.15) is 0 Å². The van der Waals surface area contributed by atoms with E-state index >= 15 is 0 Å². The molecule has 1 aromatic heterocycles. The van der Waals surface area contributed by atoms with E-state index in [1.165, 1.54) is 17.8 Å². The van der Waals surface area contributed by atoms with E-state index in [9.17, 15) is 9.90 Å². The lowest BCUT2D eigenvalue weighted by molar-refractivity contribution is 0.0729. The third kappa shape index (κ3) is 6.23. The van der Waals surface area contributed by atoms with Crippen molar-refractivity contribution in [2.75, 3.05) is 13.1 Å². The number of carbonyl (C=O) groups excluding carboxylic acids is 1. The first kappa shape index (κ1) is 22.7. The summed E-state index contributed by atoms with van der Waals surface area (Å²) in [5.74, 6) is -0.727. The van der Waals surface area contributed by atoms with Crippen molar-refractivity contribution in [3.63, 3.8) is 0 Å². The van der Waals surface area contributed by atoms with Gasteiger partial charge < -0.3 is 9.84 Å². The minimum atomic E-state index is -0.604. The number of hydrogen-bond donors (Lipinski definition) is 1. The molecule has 0 aliphatic heterocycles. The predicted octanol–water partition coefficient (Wildman–Crippen LogP) is 5.36. The molecule has 7 heteroatoms. The summed E-state index contributed by atoms with van der Waals surface area (Å²) in [5, 5.41) is 10.6. The predicted molar refractivity (Wildman–Crippen MR) is 125 cm³/mol. The second-order valence-electron chi connectivity index (χ2n) is 6.86. The van der Waals surface area contributed by atoms with E-state index in [4.69, 9.17) is 4.74 Å². The van der Waals surface area contributed by atoms with Crippen LogP contribution in [0.4, 0.5) is 5.69 Å². The van der Waals surface area contributed by atoms with Gasteiger partial charge in [0.05, 0.1) is 11.3 Å². The number of carbonyl (C=O) groups is 1. The average molecular weight is 482 g/mol. The van der Waals surface area contributed by atoms with Crippen molar-refractivity contribution in [2.24, 2.45) is 4.99 Å². The summed E-state index contributed by atoms with van der Waals surface area (Å²) in [6.45, 7) is 7.21. The highest BCUT2D eigenvalue weighted by atomic mass is 79.9. The van der Waals surface area contributed by atoms with Crippen molar-refractivity contribution in [1.82, 2.24) is 9.88 Å². The highest BCUT2D eigenvalue weighted by Gasteiger charge is 2.15. The Bertz CT molecular complexity index is 1050. The third-order valence-electron chi connectivity index (χ3n) is 4.76. The normalized spacial score (nSPS) is 11.2. The quantitative estimate of drug-likeness (QED) is 0.266. The first-order valence-corrected chi connectivity index (χ1v) is 10.8. The van der Waals surface area contributed by atoms with Crippen molar-refractivity contribution >= 4 is 33.8 Å². The van der Waals surface area contributed by atoms with Crippen LogP contribution in [0.1, 0.15) is 35.3 Å². The maximum Gasteiger partial charge on any atom is 0.345 e. The second-order valence-corrected chi connectivity index (χ2v) is 7.77. The Morgan fingerprint density at radius 2 is 1.94 bits per heavy atom. The molecule has 3 aromatic rings. The maximum absolute atomic E-state index is 12.3. The number of aromatic hydroxyl groups is 1.